The lowest BCUT2D eigenvalue weighted by Gasteiger charge is -2.31. The number of likely N-dealkylation sites (N-methyl/N-ethyl adjacent to an activating group) is 1. The molecule has 0 spiro atoms. The molecule has 0 bridgehead atoms. The number of rotatable bonds is 11. The van der Waals surface area contributed by atoms with Crippen molar-refractivity contribution in [3.05, 3.63) is 64.7 Å². The highest BCUT2D eigenvalue weighted by Crippen LogP contribution is 2.15. The van der Waals surface area contributed by atoms with E-state index in [-0.39, 0.29) is 24.8 Å². The Kier molecular flexibility index (Phi) is 10.00. The number of nitrogens with one attached hydrogen (secondary N) is 2. The Morgan fingerprint density at radius 1 is 1.12 bits per heavy atom. The van der Waals surface area contributed by atoms with Gasteiger partial charge >= 0.3 is 0 Å². The highest BCUT2D eigenvalue weighted by atomic mass is 35.5. The molecule has 1 fully saturated rings. The summed E-state index contributed by atoms with van der Waals surface area (Å²) in [5.74, 6) is 0.431. The molecule has 3 rings (SSSR count). The van der Waals surface area contributed by atoms with Gasteiger partial charge in [-0.3, -0.25) is 14.5 Å². The number of hydrogen-bond acceptors (Lipinski definition) is 5. The van der Waals surface area contributed by atoms with E-state index in [4.69, 9.17) is 21.1 Å². The van der Waals surface area contributed by atoms with Crippen LogP contribution in [0, 0.1) is 0 Å². The third-order valence-corrected chi connectivity index (χ3v) is 5.91. The summed E-state index contributed by atoms with van der Waals surface area (Å²) in [4.78, 5) is 26.5. The largest absolute Gasteiger partial charge is 0.492 e. The molecule has 1 aliphatic heterocycles. The maximum atomic E-state index is 12.1. The van der Waals surface area contributed by atoms with Crippen molar-refractivity contribution in [2.45, 2.75) is 31.8 Å². The van der Waals surface area contributed by atoms with Crippen LogP contribution < -0.4 is 15.4 Å². The van der Waals surface area contributed by atoms with Crippen LogP contribution in [0.5, 0.6) is 5.75 Å². The van der Waals surface area contributed by atoms with Crippen LogP contribution in [0.1, 0.15) is 35.2 Å². The second-order valence-electron chi connectivity index (χ2n) is 8.11. The van der Waals surface area contributed by atoms with Crippen molar-refractivity contribution in [2.75, 3.05) is 40.0 Å². The van der Waals surface area contributed by atoms with E-state index in [0.717, 1.165) is 43.9 Å². The predicted octanol–water partition coefficient (Wildman–Crippen LogP) is 3.27. The van der Waals surface area contributed by atoms with Gasteiger partial charge in [0.2, 0.25) is 5.91 Å². The Balaban J connectivity index is 1.33. The molecule has 2 N–H and O–H groups in total. The number of carbonyl (C=O) groups is 2. The topological polar surface area (TPSA) is 79.9 Å². The number of halogens is 1. The highest BCUT2D eigenvalue weighted by Gasteiger charge is 2.18. The zero-order chi connectivity index (χ0) is 23.5. The summed E-state index contributed by atoms with van der Waals surface area (Å²) in [6, 6.07) is 14.9. The smallest absolute Gasteiger partial charge is 0.251 e. The van der Waals surface area contributed by atoms with Gasteiger partial charge in [0.25, 0.3) is 5.91 Å². The molecule has 0 radical (unpaired) electrons. The van der Waals surface area contributed by atoms with Crippen molar-refractivity contribution >= 4 is 23.4 Å². The Labute approximate surface area is 200 Å². The molecule has 0 aliphatic carbocycles. The quantitative estimate of drug-likeness (QED) is 0.523. The fraction of sp³-hybridized carbons (Fsp3) is 0.440. The van der Waals surface area contributed by atoms with Crippen LogP contribution in [0.15, 0.2) is 48.5 Å². The number of nitrogens with zero attached hydrogens (tertiary/aromatic N) is 1. The average molecular weight is 474 g/mol. The molecule has 1 heterocycles. The Bertz CT molecular complexity index is 901. The second kappa shape index (κ2) is 13.2. The van der Waals surface area contributed by atoms with E-state index >= 15 is 0 Å². The summed E-state index contributed by atoms with van der Waals surface area (Å²) < 4.78 is 11.3. The molecule has 2 aromatic rings. The van der Waals surface area contributed by atoms with Gasteiger partial charge in [0, 0.05) is 55.9 Å². The van der Waals surface area contributed by atoms with Crippen LogP contribution in [0.2, 0.25) is 5.02 Å². The first-order valence-electron chi connectivity index (χ1n) is 11.3. The van der Waals surface area contributed by atoms with E-state index in [1.165, 1.54) is 0 Å². The first-order chi connectivity index (χ1) is 16.0. The number of benzene rings is 2. The van der Waals surface area contributed by atoms with E-state index < -0.39 is 0 Å². The molecule has 1 aliphatic rings. The third-order valence-electron chi connectivity index (χ3n) is 5.66. The lowest BCUT2D eigenvalue weighted by atomic mass is 10.1. The van der Waals surface area contributed by atoms with E-state index in [1.54, 1.807) is 24.3 Å². The van der Waals surface area contributed by atoms with Gasteiger partial charge in [-0.1, -0.05) is 23.7 Å². The molecule has 0 saturated carbocycles. The van der Waals surface area contributed by atoms with Crippen LogP contribution in [0.25, 0.3) is 0 Å². The molecule has 178 valence electrons. The molecule has 2 aromatic carbocycles. The van der Waals surface area contributed by atoms with Gasteiger partial charge in [-0.25, -0.2) is 0 Å². The molecular formula is C25H32ClN3O4. The van der Waals surface area contributed by atoms with Gasteiger partial charge in [0.15, 0.2) is 0 Å². The number of hydrogen-bond donors (Lipinski definition) is 2. The summed E-state index contributed by atoms with van der Waals surface area (Å²) in [7, 11) is 2.13. The average Bonchev–Trinajstić information content (AvgIpc) is 2.84. The molecule has 0 atom stereocenters. The van der Waals surface area contributed by atoms with E-state index in [1.807, 2.05) is 24.3 Å². The van der Waals surface area contributed by atoms with Crippen molar-refractivity contribution < 1.29 is 19.1 Å². The maximum Gasteiger partial charge on any atom is 0.251 e. The molecule has 0 unspecified atom stereocenters. The Morgan fingerprint density at radius 3 is 2.64 bits per heavy atom. The van der Waals surface area contributed by atoms with Crippen LogP contribution >= 0.6 is 11.6 Å². The molecule has 2 amide bonds. The normalized spacial score (nSPS) is 14.2. The van der Waals surface area contributed by atoms with Crippen molar-refractivity contribution in [1.82, 2.24) is 15.5 Å². The monoisotopic (exact) mass is 473 g/mol. The van der Waals surface area contributed by atoms with Gasteiger partial charge in [0.1, 0.15) is 12.4 Å². The van der Waals surface area contributed by atoms with Gasteiger partial charge < -0.3 is 20.1 Å². The minimum Gasteiger partial charge on any atom is -0.492 e. The summed E-state index contributed by atoms with van der Waals surface area (Å²) in [5, 5.41) is 6.19. The van der Waals surface area contributed by atoms with E-state index in [0.29, 0.717) is 29.8 Å². The van der Waals surface area contributed by atoms with Crippen LogP contribution in [0.4, 0.5) is 0 Å². The fourth-order valence-electron chi connectivity index (χ4n) is 3.64. The summed E-state index contributed by atoms with van der Waals surface area (Å²) in [5.41, 5.74) is 1.47. The third kappa shape index (κ3) is 8.68. The summed E-state index contributed by atoms with van der Waals surface area (Å²) >= 11 is 5.83. The second-order valence-corrected chi connectivity index (χ2v) is 8.55. The van der Waals surface area contributed by atoms with Crippen molar-refractivity contribution in [2.24, 2.45) is 0 Å². The SMILES string of the molecule is CN(CCOc1cccc(CNC(=O)CCNC(=O)c2ccc(Cl)cc2)c1)C1CCOCC1. The predicted molar refractivity (Wildman–Crippen MR) is 129 cm³/mol. The van der Waals surface area contributed by atoms with Gasteiger partial charge in [-0.15, -0.1) is 0 Å². The lowest BCUT2D eigenvalue weighted by molar-refractivity contribution is -0.121. The number of ether oxygens (including phenoxy) is 2. The molecule has 1 saturated heterocycles. The van der Waals surface area contributed by atoms with Crippen LogP contribution in [0.3, 0.4) is 0 Å². The zero-order valence-electron chi connectivity index (χ0n) is 19.0. The number of carbonyl (C=O) groups excluding carboxylic acids is 2. The maximum absolute atomic E-state index is 12.1. The van der Waals surface area contributed by atoms with E-state index in [9.17, 15) is 9.59 Å². The fourth-order valence-corrected chi connectivity index (χ4v) is 3.77. The van der Waals surface area contributed by atoms with E-state index in [2.05, 4.69) is 22.6 Å². The van der Waals surface area contributed by atoms with Gasteiger partial charge in [-0.05, 0) is 61.9 Å². The molecular weight excluding hydrogens is 442 g/mol. The van der Waals surface area contributed by atoms with Crippen molar-refractivity contribution in [1.29, 1.82) is 0 Å². The molecule has 8 heteroatoms. The zero-order valence-corrected chi connectivity index (χ0v) is 19.8. The molecule has 33 heavy (non-hydrogen) atoms. The standard InChI is InChI=1S/C25H32ClN3O4/c1-29(22-10-14-32-15-11-22)13-16-33-23-4-2-3-19(17-23)18-28-24(30)9-12-27-25(31)20-5-7-21(26)8-6-20/h2-8,17,22H,9-16,18H2,1H3,(H,27,31)(H,28,30). The minimum atomic E-state index is -0.230. The van der Waals surface area contributed by atoms with Crippen LogP contribution in [-0.4, -0.2) is 62.7 Å². The Morgan fingerprint density at radius 2 is 1.88 bits per heavy atom. The van der Waals surface area contributed by atoms with Crippen molar-refractivity contribution in [3.63, 3.8) is 0 Å². The number of amides is 2. The summed E-state index contributed by atoms with van der Waals surface area (Å²) in [6.07, 6.45) is 2.33. The minimum absolute atomic E-state index is 0.129. The first-order valence-corrected chi connectivity index (χ1v) is 11.7. The lowest BCUT2D eigenvalue weighted by Crippen LogP contribution is -2.38. The summed E-state index contributed by atoms with van der Waals surface area (Å²) in [6.45, 7) is 3.79. The molecule has 0 aromatic heterocycles. The highest BCUT2D eigenvalue weighted by molar-refractivity contribution is 6.30. The van der Waals surface area contributed by atoms with Gasteiger partial charge in [-0.2, -0.15) is 0 Å². The molecule has 7 nitrogen and oxygen atoms in total. The van der Waals surface area contributed by atoms with Crippen LogP contribution in [-0.2, 0) is 16.1 Å². The van der Waals surface area contributed by atoms with Gasteiger partial charge in [0.05, 0.1) is 0 Å². The Hall–Kier alpha value is -2.61. The first kappa shape index (κ1) is 25.0. The van der Waals surface area contributed by atoms with Crippen molar-refractivity contribution in [3.8, 4) is 5.75 Å².